The van der Waals surface area contributed by atoms with Gasteiger partial charge in [0, 0.05) is 18.3 Å². The van der Waals surface area contributed by atoms with Crippen LogP contribution in [0.3, 0.4) is 0 Å². The lowest BCUT2D eigenvalue weighted by Gasteiger charge is -2.34. The van der Waals surface area contributed by atoms with Crippen LogP contribution in [0.2, 0.25) is 0 Å². The lowest BCUT2D eigenvalue weighted by molar-refractivity contribution is 0.280. The zero-order valence-corrected chi connectivity index (χ0v) is 11.5. The summed E-state index contributed by atoms with van der Waals surface area (Å²) in [7, 11) is 0. The lowest BCUT2D eigenvalue weighted by Crippen LogP contribution is -2.33. The second kappa shape index (κ2) is 6.24. The molecule has 0 heterocycles. The van der Waals surface area contributed by atoms with Crippen molar-refractivity contribution in [2.24, 2.45) is 11.8 Å². The van der Waals surface area contributed by atoms with Crippen molar-refractivity contribution in [3.05, 3.63) is 29.8 Å². The quantitative estimate of drug-likeness (QED) is 0.854. The van der Waals surface area contributed by atoms with Crippen molar-refractivity contribution < 1.29 is 5.11 Å². The molecule has 2 N–H and O–H groups in total. The summed E-state index contributed by atoms with van der Waals surface area (Å²) in [6.45, 7) is 4.93. The van der Waals surface area contributed by atoms with Crippen LogP contribution in [0.1, 0.15) is 38.7 Å². The molecule has 100 valence electrons. The predicted octanol–water partition coefficient (Wildman–Crippen LogP) is 3.46. The van der Waals surface area contributed by atoms with Crippen LogP contribution in [0.25, 0.3) is 0 Å². The Labute approximate surface area is 110 Å². The molecule has 0 saturated heterocycles. The first kappa shape index (κ1) is 13.4. The summed E-state index contributed by atoms with van der Waals surface area (Å²) < 4.78 is 0. The average Bonchev–Trinajstić information content (AvgIpc) is 2.37. The van der Waals surface area contributed by atoms with E-state index in [1.165, 1.54) is 30.5 Å². The Bertz CT molecular complexity index is 360. The second-order valence-electron chi connectivity index (χ2n) is 5.82. The van der Waals surface area contributed by atoms with Gasteiger partial charge in [0.2, 0.25) is 0 Å². The van der Waals surface area contributed by atoms with E-state index in [0.717, 1.165) is 18.3 Å². The fourth-order valence-electron chi connectivity index (χ4n) is 2.84. The molecule has 1 aromatic carbocycles. The number of nitrogens with one attached hydrogen (secondary N) is 1. The Balaban J connectivity index is 1.95. The predicted molar refractivity (Wildman–Crippen MR) is 76.8 cm³/mol. The number of hydrogen-bond donors (Lipinski definition) is 2. The molecule has 2 heteroatoms. The first-order valence-corrected chi connectivity index (χ1v) is 7.15. The SMILES string of the molecule is CC1CCC(C)C(Nc2ccc(CCO)cc2)C1. The van der Waals surface area contributed by atoms with Crippen LogP contribution >= 0.6 is 0 Å². The molecule has 0 spiro atoms. The van der Waals surface area contributed by atoms with Crippen molar-refractivity contribution in [1.82, 2.24) is 0 Å². The van der Waals surface area contributed by atoms with Crippen molar-refractivity contribution >= 4 is 5.69 Å². The highest BCUT2D eigenvalue weighted by molar-refractivity contribution is 5.45. The maximum atomic E-state index is 8.90. The van der Waals surface area contributed by atoms with Gasteiger partial charge in [0.15, 0.2) is 0 Å². The monoisotopic (exact) mass is 247 g/mol. The molecule has 2 rings (SSSR count). The molecule has 18 heavy (non-hydrogen) atoms. The third-order valence-electron chi connectivity index (χ3n) is 4.16. The smallest absolute Gasteiger partial charge is 0.0471 e. The van der Waals surface area contributed by atoms with E-state index in [2.05, 4.69) is 43.4 Å². The molecular weight excluding hydrogens is 222 g/mol. The van der Waals surface area contributed by atoms with Crippen LogP contribution in [-0.2, 0) is 6.42 Å². The van der Waals surface area contributed by atoms with E-state index in [9.17, 15) is 0 Å². The minimum Gasteiger partial charge on any atom is -0.396 e. The number of hydrogen-bond acceptors (Lipinski definition) is 2. The summed E-state index contributed by atoms with van der Waals surface area (Å²) in [6.07, 6.45) is 4.73. The Morgan fingerprint density at radius 2 is 1.89 bits per heavy atom. The van der Waals surface area contributed by atoms with Gasteiger partial charge in [-0.25, -0.2) is 0 Å². The van der Waals surface area contributed by atoms with Crippen molar-refractivity contribution in [1.29, 1.82) is 0 Å². The summed E-state index contributed by atoms with van der Waals surface area (Å²) >= 11 is 0. The fraction of sp³-hybridized carbons (Fsp3) is 0.625. The highest BCUT2D eigenvalue weighted by Gasteiger charge is 2.25. The number of aliphatic hydroxyl groups is 1. The van der Waals surface area contributed by atoms with E-state index >= 15 is 0 Å². The lowest BCUT2D eigenvalue weighted by atomic mass is 9.80. The minimum atomic E-state index is 0.226. The number of benzene rings is 1. The van der Waals surface area contributed by atoms with E-state index in [0.29, 0.717) is 6.04 Å². The van der Waals surface area contributed by atoms with Crippen LogP contribution in [0.4, 0.5) is 5.69 Å². The Hall–Kier alpha value is -1.02. The van der Waals surface area contributed by atoms with E-state index < -0.39 is 0 Å². The Kier molecular flexibility index (Phi) is 4.65. The fourth-order valence-corrected chi connectivity index (χ4v) is 2.84. The number of rotatable bonds is 4. The van der Waals surface area contributed by atoms with Gasteiger partial charge in [-0.15, -0.1) is 0 Å². The Morgan fingerprint density at radius 3 is 2.56 bits per heavy atom. The van der Waals surface area contributed by atoms with Gasteiger partial charge >= 0.3 is 0 Å². The van der Waals surface area contributed by atoms with E-state index in [-0.39, 0.29) is 6.61 Å². The summed E-state index contributed by atoms with van der Waals surface area (Å²) in [5.74, 6) is 1.60. The molecular formula is C16H25NO. The largest absolute Gasteiger partial charge is 0.396 e. The van der Waals surface area contributed by atoms with Crippen molar-refractivity contribution in [2.75, 3.05) is 11.9 Å². The highest BCUT2D eigenvalue weighted by atomic mass is 16.2. The van der Waals surface area contributed by atoms with E-state index in [1.54, 1.807) is 0 Å². The van der Waals surface area contributed by atoms with Crippen molar-refractivity contribution in [3.8, 4) is 0 Å². The molecule has 0 bridgehead atoms. The van der Waals surface area contributed by atoms with Crippen LogP contribution in [0, 0.1) is 11.8 Å². The van der Waals surface area contributed by atoms with Gasteiger partial charge in [-0.05, 0) is 48.8 Å². The molecule has 0 aliphatic heterocycles. The molecule has 1 aliphatic rings. The summed E-state index contributed by atoms with van der Waals surface area (Å²) in [4.78, 5) is 0. The average molecular weight is 247 g/mol. The normalized spacial score (nSPS) is 28.1. The molecule has 2 nitrogen and oxygen atoms in total. The topological polar surface area (TPSA) is 32.3 Å². The van der Waals surface area contributed by atoms with Gasteiger partial charge < -0.3 is 10.4 Å². The summed E-state index contributed by atoms with van der Waals surface area (Å²) in [5, 5.41) is 12.6. The van der Waals surface area contributed by atoms with Gasteiger partial charge in [0.1, 0.15) is 0 Å². The zero-order chi connectivity index (χ0) is 13.0. The van der Waals surface area contributed by atoms with Crippen molar-refractivity contribution in [3.63, 3.8) is 0 Å². The number of aliphatic hydroxyl groups excluding tert-OH is 1. The summed E-state index contributed by atoms with van der Waals surface area (Å²) in [5.41, 5.74) is 2.41. The Morgan fingerprint density at radius 1 is 1.17 bits per heavy atom. The third kappa shape index (κ3) is 3.49. The highest BCUT2D eigenvalue weighted by Crippen LogP contribution is 2.30. The molecule has 3 unspecified atom stereocenters. The molecule has 0 aromatic heterocycles. The molecule has 0 radical (unpaired) electrons. The van der Waals surface area contributed by atoms with Gasteiger partial charge in [0.25, 0.3) is 0 Å². The summed E-state index contributed by atoms with van der Waals surface area (Å²) in [6, 6.07) is 9.09. The van der Waals surface area contributed by atoms with Crippen LogP contribution < -0.4 is 5.32 Å². The van der Waals surface area contributed by atoms with Crippen LogP contribution in [0.5, 0.6) is 0 Å². The van der Waals surface area contributed by atoms with Crippen LogP contribution in [0.15, 0.2) is 24.3 Å². The first-order chi connectivity index (χ1) is 8.69. The van der Waals surface area contributed by atoms with Crippen LogP contribution in [-0.4, -0.2) is 17.8 Å². The molecule has 1 fully saturated rings. The molecule has 1 saturated carbocycles. The zero-order valence-electron chi connectivity index (χ0n) is 11.5. The molecule has 1 aromatic rings. The van der Waals surface area contributed by atoms with Gasteiger partial charge in [-0.3, -0.25) is 0 Å². The van der Waals surface area contributed by atoms with E-state index in [1.807, 2.05) is 0 Å². The second-order valence-corrected chi connectivity index (χ2v) is 5.82. The number of anilines is 1. The third-order valence-corrected chi connectivity index (χ3v) is 4.16. The van der Waals surface area contributed by atoms with Gasteiger partial charge in [-0.2, -0.15) is 0 Å². The molecule has 3 atom stereocenters. The molecule has 1 aliphatic carbocycles. The van der Waals surface area contributed by atoms with E-state index in [4.69, 9.17) is 5.11 Å². The molecule has 0 amide bonds. The maximum absolute atomic E-state index is 8.90. The maximum Gasteiger partial charge on any atom is 0.0471 e. The van der Waals surface area contributed by atoms with Crippen molar-refractivity contribution in [2.45, 2.75) is 45.6 Å². The van der Waals surface area contributed by atoms with Gasteiger partial charge in [-0.1, -0.05) is 32.4 Å². The standard InChI is InChI=1S/C16H25NO/c1-12-3-4-13(2)16(11-12)17-15-7-5-14(6-8-15)9-10-18/h5-8,12-13,16-18H,3-4,9-11H2,1-2H3. The first-order valence-electron chi connectivity index (χ1n) is 7.15. The van der Waals surface area contributed by atoms with Gasteiger partial charge in [0.05, 0.1) is 0 Å². The minimum absolute atomic E-state index is 0.226.